The SMILES string of the molecule is C=CC(=O)OCCCOC(CC)CCCCCCC. The lowest BCUT2D eigenvalue weighted by Gasteiger charge is -2.16. The smallest absolute Gasteiger partial charge is 0.330 e. The molecule has 1 unspecified atom stereocenters. The molecule has 0 bridgehead atoms. The molecule has 112 valence electrons. The molecule has 3 nitrogen and oxygen atoms in total. The van der Waals surface area contributed by atoms with E-state index in [4.69, 9.17) is 9.47 Å². The number of hydrogen-bond acceptors (Lipinski definition) is 3. The van der Waals surface area contributed by atoms with Gasteiger partial charge in [-0.2, -0.15) is 0 Å². The lowest BCUT2D eigenvalue weighted by atomic mass is 10.1. The third kappa shape index (κ3) is 12.0. The molecule has 0 amide bonds. The molecule has 0 heterocycles. The zero-order valence-electron chi connectivity index (χ0n) is 12.7. The molecular weight excluding hydrogens is 240 g/mol. The van der Waals surface area contributed by atoms with Crippen LogP contribution in [0.25, 0.3) is 0 Å². The Morgan fingerprint density at radius 1 is 1.11 bits per heavy atom. The van der Waals surface area contributed by atoms with E-state index in [9.17, 15) is 4.79 Å². The molecule has 0 saturated heterocycles. The zero-order valence-corrected chi connectivity index (χ0v) is 12.7. The largest absolute Gasteiger partial charge is 0.462 e. The Morgan fingerprint density at radius 2 is 1.84 bits per heavy atom. The molecule has 19 heavy (non-hydrogen) atoms. The first-order valence-electron chi connectivity index (χ1n) is 7.65. The summed E-state index contributed by atoms with van der Waals surface area (Å²) >= 11 is 0. The van der Waals surface area contributed by atoms with Gasteiger partial charge >= 0.3 is 5.97 Å². The number of ether oxygens (including phenoxy) is 2. The lowest BCUT2D eigenvalue weighted by Crippen LogP contribution is -2.14. The van der Waals surface area contributed by atoms with Gasteiger partial charge in [0.1, 0.15) is 0 Å². The Balaban J connectivity index is 3.43. The van der Waals surface area contributed by atoms with Gasteiger partial charge in [0.15, 0.2) is 0 Å². The zero-order chi connectivity index (χ0) is 14.3. The molecule has 0 saturated carbocycles. The summed E-state index contributed by atoms with van der Waals surface area (Å²) in [7, 11) is 0. The van der Waals surface area contributed by atoms with Crippen LogP contribution in [0.3, 0.4) is 0 Å². The summed E-state index contributed by atoms with van der Waals surface area (Å²) in [6.07, 6.45) is 11.0. The van der Waals surface area contributed by atoms with Crippen LogP contribution >= 0.6 is 0 Å². The summed E-state index contributed by atoms with van der Waals surface area (Å²) in [5, 5.41) is 0. The average Bonchev–Trinajstić information content (AvgIpc) is 2.44. The molecule has 0 aliphatic carbocycles. The van der Waals surface area contributed by atoms with Gasteiger partial charge in [-0.1, -0.05) is 52.5 Å². The van der Waals surface area contributed by atoms with Gasteiger partial charge in [-0.05, 0) is 12.8 Å². The summed E-state index contributed by atoms with van der Waals surface area (Å²) in [4.78, 5) is 10.8. The van der Waals surface area contributed by atoms with Crippen LogP contribution in [0.15, 0.2) is 12.7 Å². The number of unbranched alkanes of at least 4 members (excludes halogenated alkanes) is 4. The van der Waals surface area contributed by atoms with Gasteiger partial charge in [0, 0.05) is 12.5 Å². The van der Waals surface area contributed by atoms with Crippen molar-refractivity contribution in [2.24, 2.45) is 0 Å². The van der Waals surface area contributed by atoms with Gasteiger partial charge in [0.2, 0.25) is 0 Å². The first-order chi connectivity index (χ1) is 9.24. The van der Waals surface area contributed by atoms with Gasteiger partial charge in [-0.15, -0.1) is 0 Å². The van der Waals surface area contributed by atoms with Crippen molar-refractivity contribution in [2.45, 2.75) is 71.3 Å². The summed E-state index contributed by atoms with van der Waals surface area (Å²) in [6.45, 7) is 8.82. The van der Waals surface area contributed by atoms with E-state index in [0.717, 1.165) is 19.3 Å². The first-order valence-corrected chi connectivity index (χ1v) is 7.65. The van der Waals surface area contributed by atoms with E-state index in [2.05, 4.69) is 20.4 Å². The van der Waals surface area contributed by atoms with Crippen LogP contribution < -0.4 is 0 Å². The highest BCUT2D eigenvalue weighted by atomic mass is 16.5. The highest BCUT2D eigenvalue weighted by Crippen LogP contribution is 2.12. The molecular formula is C16H30O3. The van der Waals surface area contributed by atoms with E-state index in [-0.39, 0.29) is 5.97 Å². The minimum Gasteiger partial charge on any atom is -0.462 e. The maximum atomic E-state index is 10.8. The van der Waals surface area contributed by atoms with E-state index in [1.165, 1.54) is 38.2 Å². The molecule has 0 radical (unpaired) electrons. The van der Waals surface area contributed by atoms with Gasteiger partial charge in [-0.3, -0.25) is 0 Å². The normalized spacial score (nSPS) is 12.1. The van der Waals surface area contributed by atoms with Crippen molar-refractivity contribution in [3.05, 3.63) is 12.7 Å². The van der Waals surface area contributed by atoms with Gasteiger partial charge in [0.05, 0.1) is 19.3 Å². The van der Waals surface area contributed by atoms with Crippen LogP contribution in [0.2, 0.25) is 0 Å². The van der Waals surface area contributed by atoms with Crippen molar-refractivity contribution in [1.29, 1.82) is 0 Å². The molecule has 3 heteroatoms. The average molecular weight is 270 g/mol. The third-order valence-corrected chi connectivity index (χ3v) is 3.14. The Labute approximate surface area is 118 Å². The Morgan fingerprint density at radius 3 is 2.47 bits per heavy atom. The molecule has 0 rings (SSSR count). The van der Waals surface area contributed by atoms with Crippen LogP contribution in [-0.2, 0) is 14.3 Å². The van der Waals surface area contributed by atoms with E-state index >= 15 is 0 Å². The van der Waals surface area contributed by atoms with Crippen LogP contribution in [-0.4, -0.2) is 25.3 Å². The molecule has 0 fully saturated rings. The van der Waals surface area contributed by atoms with E-state index in [1.807, 2.05) is 0 Å². The monoisotopic (exact) mass is 270 g/mol. The highest BCUT2D eigenvalue weighted by Gasteiger charge is 2.06. The van der Waals surface area contributed by atoms with Crippen molar-refractivity contribution < 1.29 is 14.3 Å². The minimum absolute atomic E-state index is 0.358. The second kappa shape index (κ2) is 13.6. The van der Waals surface area contributed by atoms with Gasteiger partial charge in [-0.25, -0.2) is 4.79 Å². The molecule has 0 aromatic rings. The fraction of sp³-hybridized carbons (Fsp3) is 0.812. The molecule has 1 atom stereocenters. The third-order valence-electron chi connectivity index (χ3n) is 3.14. The van der Waals surface area contributed by atoms with Crippen LogP contribution in [0.1, 0.15) is 65.2 Å². The second-order valence-electron chi connectivity index (χ2n) is 4.83. The Bertz CT molecular complexity index is 226. The molecule has 0 aromatic carbocycles. The fourth-order valence-electron chi connectivity index (χ4n) is 1.92. The quantitative estimate of drug-likeness (QED) is 0.285. The summed E-state index contributed by atoms with van der Waals surface area (Å²) in [6, 6.07) is 0. The maximum Gasteiger partial charge on any atom is 0.330 e. The standard InChI is InChI=1S/C16H30O3/c1-4-7-8-9-10-12-15(5-2)18-13-11-14-19-16(17)6-3/h6,15H,3-5,7-14H2,1-2H3. The number of carbonyl (C=O) groups excluding carboxylic acids is 1. The van der Waals surface area contributed by atoms with Crippen molar-refractivity contribution in [1.82, 2.24) is 0 Å². The Hall–Kier alpha value is -0.830. The van der Waals surface area contributed by atoms with Crippen LogP contribution in [0.5, 0.6) is 0 Å². The molecule has 0 spiro atoms. The molecule has 0 aliphatic heterocycles. The lowest BCUT2D eigenvalue weighted by molar-refractivity contribution is -0.138. The number of esters is 1. The van der Waals surface area contributed by atoms with Crippen LogP contribution in [0.4, 0.5) is 0 Å². The topological polar surface area (TPSA) is 35.5 Å². The molecule has 0 N–H and O–H groups in total. The van der Waals surface area contributed by atoms with Gasteiger partial charge in [0.25, 0.3) is 0 Å². The van der Waals surface area contributed by atoms with E-state index < -0.39 is 0 Å². The predicted molar refractivity (Wildman–Crippen MR) is 79.2 cm³/mol. The fourth-order valence-corrected chi connectivity index (χ4v) is 1.92. The second-order valence-corrected chi connectivity index (χ2v) is 4.83. The van der Waals surface area contributed by atoms with Gasteiger partial charge < -0.3 is 9.47 Å². The minimum atomic E-state index is -0.358. The van der Waals surface area contributed by atoms with E-state index in [1.54, 1.807) is 0 Å². The highest BCUT2D eigenvalue weighted by molar-refractivity contribution is 5.81. The summed E-state index contributed by atoms with van der Waals surface area (Å²) < 4.78 is 10.7. The van der Waals surface area contributed by atoms with E-state index in [0.29, 0.717) is 19.3 Å². The van der Waals surface area contributed by atoms with Crippen LogP contribution in [0, 0.1) is 0 Å². The molecule has 0 aromatic heterocycles. The van der Waals surface area contributed by atoms with Crippen molar-refractivity contribution in [2.75, 3.05) is 13.2 Å². The number of hydrogen-bond donors (Lipinski definition) is 0. The Kier molecular flexibility index (Phi) is 13.0. The first kappa shape index (κ1) is 18.2. The van der Waals surface area contributed by atoms with Crippen molar-refractivity contribution >= 4 is 5.97 Å². The maximum absolute atomic E-state index is 10.8. The predicted octanol–water partition coefficient (Wildman–Crippen LogP) is 4.26. The van der Waals surface area contributed by atoms with Crippen molar-refractivity contribution in [3.8, 4) is 0 Å². The van der Waals surface area contributed by atoms with Crippen molar-refractivity contribution in [3.63, 3.8) is 0 Å². The summed E-state index contributed by atoms with van der Waals surface area (Å²) in [5.41, 5.74) is 0. The summed E-state index contributed by atoms with van der Waals surface area (Å²) in [5.74, 6) is -0.358. The molecule has 0 aliphatic rings. The number of rotatable bonds is 13. The number of carbonyl (C=O) groups is 1.